The molecule has 0 atom stereocenters. The van der Waals surface area contributed by atoms with Crippen molar-refractivity contribution in [3.05, 3.63) is 0 Å². The minimum atomic E-state index is 0. The minimum Gasteiger partial charge on any atom is -0.147 e. The van der Waals surface area contributed by atoms with Crippen LogP contribution in [0.2, 0.25) is 0 Å². The topological polar surface area (TPSA) is 0 Å². The molecule has 0 aromatic rings. The van der Waals surface area contributed by atoms with Crippen LogP contribution in [0, 0.1) is 0 Å². The average molecular weight is 152 g/mol. The van der Waals surface area contributed by atoms with Crippen molar-refractivity contribution in [1.82, 2.24) is 0 Å². The van der Waals surface area contributed by atoms with Crippen molar-refractivity contribution < 1.29 is 21.7 Å². The second-order valence-electron chi connectivity index (χ2n) is 0. The Labute approximate surface area is 57.5 Å². The molecule has 1 radical (unpaired) electrons. The molecule has 0 nitrogen and oxygen atoms in total. The molecule has 0 aromatic heterocycles. The van der Waals surface area contributed by atoms with E-state index in [1.807, 2.05) is 0 Å². The third kappa shape index (κ3) is 9.70. The predicted molar refractivity (Wildman–Crippen MR) is 24.4 cm³/mol. The van der Waals surface area contributed by atoms with Crippen LogP contribution in [-0.2, 0) is 21.7 Å². The van der Waals surface area contributed by atoms with Gasteiger partial charge in [0.05, 0.1) is 0 Å². The van der Waals surface area contributed by atoms with E-state index in [9.17, 15) is 0 Å². The molecule has 0 aliphatic carbocycles. The maximum absolute atomic E-state index is 0. The number of rotatable bonds is 0. The van der Waals surface area contributed by atoms with Crippen molar-refractivity contribution in [2.75, 3.05) is 0 Å². The first-order valence-corrected chi connectivity index (χ1v) is 0. The molecule has 0 spiro atoms. The number of hydrogen-bond donors (Lipinski definition) is 0. The largest absolute Gasteiger partial charge is 0.147 e. The molecule has 0 aromatic carbocycles. The Balaban J connectivity index is 0. The first-order chi connectivity index (χ1) is 0. The molecule has 0 bridgehead atoms. The van der Waals surface area contributed by atoms with Crippen LogP contribution in [-0.4, -0.2) is 11.0 Å². The van der Waals surface area contributed by atoms with E-state index >= 15 is 0 Å². The third-order valence-electron chi connectivity index (χ3n) is 0. The van der Waals surface area contributed by atoms with Crippen molar-refractivity contribution in [2.24, 2.45) is 0 Å². The van der Waals surface area contributed by atoms with Crippen molar-refractivity contribution in [1.29, 1.82) is 0 Å². The normalized spacial score (nSPS) is 0. The van der Waals surface area contributed by atoms with Crippen LogP contribution < -0.4 is 0 Å². The van der Waals surface area contributed by atoms with Crippen molar-refractivity contribution in [2.45, 2.75) is 0 Å². The maximum Gasteiger partial charge on any atom is 0 e. The zero-order valence-electron chi connectivity index (χ0n) is 2.32. The van der Waals surface area contributed by atoms with Crippen LogP contribution in [0.3, 0.4) is 0 Å². The molecule has 0 rings (SSSR count). The maximum atomic E-state index is 0. The van der Waals surface area contributed by atoms with Crippen molar-refractivity contribution >= 4 is 35.8 Å². The first-order valence-electron chi connectivity index (χ1n) is 0. The summed E-state index contributed by atoms with van der Waals surface area (Å²) in [5.41, 5.74) is 0. The molecule has 0 aliphatic heterocycles. The molecule has 27 valence electrons. The summed E-state index contributed by atoms with van der Waals surface area (Å²) in [6.07, 6.45) is 0. The van der Waals surface area contributed by atoms with Gasteiger partial charge in [0.15, 0.2) is 0 Å². The van der Waals surface area contributed by atoms with Crippen molar-refractivity contribution in [3.63, 3.8) is 0 Å². The van der Waals surface area contributed by atoms with Gasteiger partial charge in [-0.1, -0.05) is 0 Å². The Kier molecular flexibility index (Phi) is 299. The first kappa shape index (κ1) is 49.1. The van der Waals surface area contributed by atoms with Gasteiger partial charge in [-0.15, -0.1) is 24.8 Å². The molecule has 0 fully saturated rings. The second kappa shape index (κ2) is 24.4. The summed E-state index contributed by atoms with van der Waals surface area (Å²) in [5, 5.41) is 0. The van der Waals surface area contributed by atoms with Gasteiger partial charge in [-0.05, 0) is 11.0 Å². The van der Waals surface area contributed by atoms with Crippen LogP contribution in [0.15, 0.2) is 0 Å². The second-order valence-corrected chi connectivity index (χ2v) is 0. The predicted octanol–water partition coefficient (Wildman–Crippen LogP) is -0.343. The van der Waals surface area contributed by atoms with Gasteiger partial charge in [0.1, 0.15) is 0 Å². The summed E-state index contributed by atoms with van der Waals surface area (Å²) in [5.74, 6) is 0. The summed E-state index contributed by atoms with van der Waals surface area (Å²) in [6.45, 7) is 0. The van der Waals surface area contributed by atoms with E-state index in [4.69, 9.17) is 0 Å². The molecule has 0 aliphatic rings. The van der Waals surface area contributed by atoms with Crippen LogP contribution in [0.1, 0.15) is 0 Å². The van der Waals surface area contributed by atoms with E-state index in [-0.39, 0.29) is 57.5 Å². The number of hydrogen-bond acceptors (Lipinski definition) is 0. The van der Waals surface area contributed by atoms with Gasteiger partial charge in [0.2, 0.25) is 0 Å². The van der Waals surface area contributed by atoms with Crippen LogP contribution in [0.25, 0.3) is 0 Å². The number of halogens is 2. The molecular weight excluding hydrogens is 147 g/mol. The molecule has 0 amide bonds. The molecule has 0 N–H and O–H groups in total. The molecule has 0 saturated heterocycles. The van der Waals surface area contributed by atoms with Gasteiger partial charge >= 0.3 is 0 Å². The average Bonchev–Trinajstić information content (AvgIpc) is 0. The van der Waals surface area contributed by atoms with E-state index in [1.165, 1.54) is 0 Å². The van der Waals surface area contributed by atoms with Crippen molar-refractivity contribution in [3.8, 4) is 0 Å². The molecular formula is H5Cl2SiTi. The van der Waals surface area contributed by atoms with Gasteiger partial charge in [0.25, 0.3) is 0 Å². The smallest absolute Gasteiger partial charge is 0 e. The van der Waals surface area contributed by atoms with E-state index in [0.29, 0.717) is 0 Å². The standard InChI is InChI=1S/2ClH.H3Si.Ti/h2*1H;1H3;. The van der Waals surface area contributed by atoms with Gasteiger partial charge in [-0.3, -0.25) is 0 Å². The fourth-order valence-electron chi connectivity index (χ4n) is 0. The van der Waals surface area contributed by atoms with Gasteiger partial charge < -0.3 is 0 Å². The van der Waals surface area contributed by atoms with E-state index in [1.54, 1.807) is 0 Å². The molecule has 4 heteroatoms. The van der Waals surface area contributed by atoms with E-state index in [2.05, 4.69) is 0 Å². The molecule has 0 heterocycles. The van der Waals surface area contributed by atoms with Crippen LogP contribution in [0.4, 0.5) is 0 Å². The zero-order chi connectivity index (χ0) is 0. The minimum absolute atomic E-state index is 0. The summed E-state index contributed by atoms with van der Waals surface area (Å²) >= 11 is 0. The summed E-state index contributed by atoms with van der Waals surface area (Å²) in [7, 11) is 0. The zero-order valence-corrected chi connectivity index (χ0v) is 7.51. The molecule has 4 heavy (non-hydrogen) atoms. The molecule has 0 unspecified atom stereocenters. The molecule has 0 saturated carbocycles. The fourth-order valence-corrected chi connectivity index (χ4v) is 0. The van der Waals surface area contributed by atoms with Gasteiger partial charge in [-0.2, -0.15) is 0 Å². The Hall–Kier alpha value is 1.51. The fraction of sp³-hybridized carbons (Fsp3) is 0. The monoisotopic (exact) mass is 151 g/mol. The third-order valence-corrected chi connectivity index (χ3v) is 0. The Bertz CT molecular complexity index is 6.00. The van der Waals surface area contributed by atoms with E-state index in [0.717, 1.165) is 0 Å². The van der Waals surface area contributed by atoms with Crippen LogP contribution >= 0.6 is 24.8 Å². The SMILES string of the molecule is Cl.Cl.[SiH3].[Ti]. The van der Waals surface area contributed by atoms with Gasteiger partial charge in [0, 0.05) is 21.7 Å². The van der Waals surface area contributed by atoms with E-state index < -0.39 is 0 Å². The summed E-state index contributed by atoms with van der Waals surface area (Å²) in [6, 6.07) is 0. The summed E-state index contributed by atoms with van der Waals surface area (Å²) in [4.78, 5) is 0. The summed E-state index contributed by atoms with van der Waals surface area (Å²) < 4.78 is 0. The quantitative estimate of drug-likeness (QED) is 0.416. The Morgan fingerprint density at radius 2 is 0.750 bits per heavy atom. The Morgan fingerprint density at radius 3 is 0.750 bits per heavy atom. The van der Waals surface area contributed by atoms with Gasteiger partial charge in [-0.25, -0.2) is 0 Å². The Morgan fingerprint density at radius 1 is 0.750 bits per heavy atom. The van der Waals surface area contributed by atoms with Crippen LogP contribution in [0.5, 0.6) is 0 Å².